The highest BCUT2D eigenvalue weighted by atomic mass is 28.4. The van der Waals surface area contributed by atoms with Gasteiger partial charge >= 0.3 is 0 Å². The summed E-state index contributed by atoms with van der Waals surface area (Å²) in [5.74, 6) is 1.98. The van der Waals surface area contributed by atoms with E-state index in [1.807, 2.05) is 0 Å². The van der Waals surface area contributed by atoms with E-state index in [1.165, 1.54) is 56.1 Å². The molecule has 4 fully saturated rings. The molecule has 0 aromatic heterocycles. The van der Waals surface area contributed by atoms with Crippen LogP contribution in [0.5, 0.6) is 0 Å². The molecule has 0 radical (unpaired) electrons. The van der Waals surface area contributed by atoms with E-state index in [0.29, 0.717) is 28.1 Å². The molecule has 4 rings (SSSR count). The van der Waals surface area contributed by atoms with Crippen molar-refractivity contribution in [2.45, 2.75) is 161 Å². The minimum absolute atomic E-state index is 0.342. The van der Waals surface area contributed by atoms with E-state index in [-0.39, 0.29) is 5.79 Å². The monoisotopic (exact) mass is 584 g/mol. The summed E-state index contributed by atoms with van der Waals surface area (Å²) in [4.78, 5) is 0. The highest BCUT2D eigenvalue weighted by molar-refractivity contribution is 6.77. The van der Waals surface area contributed by atoms with Gasteiger partial charge in [-0.1, -0.05) is 91.7 Å². The lowest BCUT2D eigenvalue weighted by Gasteiger charge is -2.46. The zero-order chi connectivity index (χ0) is 30.0. The van der Waals surface area contributed by atoms with Crippen molar-refractivity contribution >= 4 is 8.32 Å². The van der Waals surface area contributed by atoms with Gasteiger partial charge in [0.05, 0.1) is 13.2 Å². The molecule has 3 nitrogen and oxygen atoms in total. The van der Waals surface area contributed by atoms with Crippen molar-refractivity contribution in [3.05, 3.63) is 35.5 Å². The zero-order valence-electron chi connectivity index (χ0n) is 28.3. The van der Waals surface area contributed by atoms with E-state index >= 15 is 0 Å². The lowest BCUT2D eigenvalue weighted by Crippen LogP contribution is -2.50. The first-order valence-corrected chi connectivity index (χ1v) is 19.5. The molecule has 0 aromatic carbocycles. The van der Waals surface area contributed by atoms with Gasteiger partial charge in [-0.3, -0.25) is 0 Å². The smallest absolute Gasteiger partial charge is 0.200 e. The average molecular weight is 585 g/mol. The predicted octanol–water partition coefficient (Wildman–Crippen LogP) is 10.9. The van der Waals surface area contributed by atoms with Crippen LogP contribution in [-0.4, -0.2) is 33.4 Å². The van der Waals surface area contributed by atoms with Crippen LogP contribution in [0.2, 0.25) is 16.6 Å². The minimum atomic E-state index is -1.88. The van der Waals surface area contributed by atoms with Crippen LogP contribution in [0.3, 0.4) is 0 Å². The third kappa shape index (κ3) is 7.02. The van der Waals surface area contributed by atoms with E-state index in [4.69, 9.17) is 13.9 Å². The molecule has 0 bridgehead atoms. The summed E-state index contributed by atoms with van der Waals surface area (Å²) in [5, 5.41) is 0. The molecule has 3 aliphatic carbocycles. The molecule has 41 heavy (non-hydrogen) atoms. The maximum atomic E-state index is 7.25. The second-order valence-electron chi connectivity index (χ2n) is 15.6. The molecule has 5 atom stereocenters. The van der Waals surface area contributed by atoms with Crippen LogP contribution in [0.4, 0.5) is 0 Å². The maximum absolute atomic E-state index is 7.25. The second-order valence-corrected chi connectivity index (χ2v) is 21.0. The Balaban J connectivity index is 1.42. The van der Waals surface area contributed by atoms with Crippen LogP contribution in [-0.2, 0) is 13.9 Å². The quantitative estimate of drug-likeness (QED) is 0.226. The number of fused-ring (bicyclic) bond motifs is 1. The Bertz CT molecular complexity index is 933. The molecule has 0 spiro atoms. The van der Waals surface area contributed by atoms with Crippen molar-refractivity contribution in [3.63, 3.8) is 0 Å². The number of ether oxygens (including phenoxy) is 2. The van der Waals surface area contributed by atoms with Crippen molar-refractivity contribution in [1.29, 1.82) is 0 Å². The highest BCUT2D eigenvalue weighted by Gasteiger charge is 2.51. The summed E-state index contributed by atoms with van der Waals surface area (Å²) in [6.45, 7) is 27.7. The molecule has 1 aliphatic heterocycles. The average Bonchev–Trinajstić information content (AvgIpc) is 3.49. The van der Waals surface area contributed by atoms with Crippen molar-refractivity contribution in [2.75, 3.05) is 13.2 Å². The third-order valence-electron chi connectivity index (χ3n) is 12.2. The predicted molar refractivity (Wildman–Crippen MR) is 177 cm³/mol. The van der Waals surface area contributed by atoms with Crippen LogP contribution >= 0.6 is 0 Å². The molecule has 234 valence electrons. The van der Waals surface area contributed by atoms with Gasteiger partial charge in [0.2, 0.25) is 8.32 Å². The van der Waals surface area contributed by atoms with Crippen LogP contribution in [0.25, 0.3) is 0 Å². The van der Waals surface area contributed by atoms with Gasteiger partial charge in [0.15, 0.2) is 5.79 Å². The second kappa shape index (κ2) is 13.5. The molecule has 0 N–H and O–H groups in total. The van der Waals surface area contributed by atoms with E-state index < -0.39 is 8.32 Å². The number of hydrogen-bond donors (Lipinski definition) is 0. The SMILES string of the molecule is C=C1CC[C@H](O[Si](C(C)C)(C(C)C)C(C)C)C/C1=C/C=C1\CCC[C@]2(C)[C@@H]([C@H](C)CCCC3(C)OCCO3)CC[C@@H]12. The normalized spacial score (nSPS) is 33.5. The van der Waals surface area contributed by atoms with Crippen LogP contribution in [0.1, 0.15) is 133 Å². The molecule has 0 amide bonds. The summed E-state index contributed by atoms with van der Waals surface area (Å²) in [6.07, 6.45) is 18.9. The van der Waals surface area contributed by atoms with Gasteiger partial charge in [-0.25, -0.2) is 0 Å². The van der Waals surface area contributed by atoms with Crippen LogP contribution in [0, 0.1) is 23.2 Å². The summed E-state index contributed by atoms with van der Waals surface area (Å²) < 4.78 is 19.0. The van der Waals surface area contributed by atoms with E-state index in [9.17, 15) is 0 Å². The van der Waals surface area contributed by atoms with Crippen molar-refractivity contribution in [2.24, 2.45) is 23.2 Å². The van der Waals surface area contributed by atoms with E-state index in [0.717, 1.165) is 56.7 Å². The Morgan fingerprint density at radius 1 is 0.927 bits per heavy atom. The van der Waals surface area contributed by atoms with Crippen molar-refractivity contribution < 1.29 is 13.9 Å². The Morgan fingerprint density at radius 2 is 1.59 bits per heavy atom. The molecule has 1 heterocycles. The lowest BCUT2D eigenvalue weighted by molar-refractivity contribution is -0.148. The van der Waals surface area contributed by atoms with Crippen molar-refractivity contribution in [1.82, 2.24) is 0 Å². The number of hydrogen-bond acceptors (Lipinski definition) is 3. The van der Waals surface area contributed by atoms with E-state index in [2.05, 4.69) is 81.0 Å². The summed E-state index contributed by atoms with van der Waals surface area (Å²) in [6, 6.07) is 0. The summed E-state index contributed by atoms with van der Waals surface area (Å²) >= 11 is 0. The Kier molecular flexibility index (Phi) is 11.0. The maximum Gasteiger partial charge on any atom is 0.200 e. The summed E-state index contributed by atoms with van der Waals surface area (Å²) in [5.41, 5.74) is 6.85. The number of rotatable bonds is 11. The fourth-order valence-corrected chi connectivity index (χ4v) is 15.6. The fourth-order valence-electron chi connectivity index (χ4n) is 10.0. The Hall–Kier alpha value is -0.683. The van der Waals surface area contributed by atoms with Gasteiger partial charge in [0.25, 0.3) is 0 Å². The van der Waals surface area contributed by atoms with Gasteiger partial charge in [-0.15, -0.1) is 0 Å². The fraction of sp³-hybridized carbons (Fsp3) is 0.838. The lowest BCUT2D eigenvalue weighted by atomic mass is 9.60. The van der Waals surface area contributed by atoms with Gasteiger partial charge < -0.3 is 13.9 Å². The first-order valence-electron chi connectivity index (χ1n) is 17.4. The largest absolute Gasteiger partial charge is 0.413 e. The third-order valence-corrected chi connectivity index (χ3v) is 18.3. The molecule has 1 saturated heterocycles. The standard InChI is InChI=1S/C37H64O3Si/c1-26(2)41(27(3)4,28(5)6)40-33-18-15-29(7)32(25-33)17-16-31-14-12-21-36(9)34(19-20-35(31)36)30(8)13-11-22-37(10)38-23-24-39-37/h16-17,26-28,30,33-35H,7,11-15,18-25H2,1-6,8-10H3/b31-16+,32-17-/t30-,33+,34-,35+,36-/m1/s1. The molecule has 3 saturated carbocycles. The van der Waals surface area contributed by atoms with Gasteiger partial charge in [-0.2, -0.15) is 0 Å². The van der Waals surface area contributed by atoms with Gasteiger partial charge in [0, 0.05) is 12.5 Å². The number of allylic oxidation sites excluding steroid dienone is 4. The molecular weight excluding hydrogens is 520 g/mol. The zero-order valence-corrected chi connectivity index (χ0v) is 29.3. The topological polar surface area (TPSA) is 27.7 Å². The molecule has 4 heteroatoms. The minimum Gasteiger partial charge on any atom is -0.413 e. The highest BCUT2D eigenvalue weighted by Crippen LogP contribution is 2.60. The van der Waals surface area contributed by atoms with Gasteiger partial charge in [0.1, 0.15) is 0 Å². The van der Waals surface area contributed by atoms with Crippen LogP contribution in [0.15, 0.2) is 35.5 Å². The molecular formula is C37H64O3Si. The van der Waals surface area contributed by atoms with Crippen LogP contribution < -0.4 is 0 Å². The van der Waals surface area contributed by atoms with Gasteiger partial charge in [-0.05, 0) is 110 Å². The molecule has 0 aromatic rings. The summed E-state index contributed by atoms with van der Waals surface area (Å²) in [7, 11) is -1.88. The Labute approximate surface area is 255 Å². The molecule has 4 aliphatic rings. The van der Waals surface area contributed by atoms with E-state index in [1.54, 1.807) is 5.57 Å². The first kappa shape index (κ1) is 33.2. The van der Waals surface area contributed by atoms with Crippen molar-refractivity contribution in [3.8, 4) is 0 Å². The first-order chi connectivity index (χ1) is 19.3. The molecule has 0 unspecified atom stereocenters. The Morgan fingerprint density at radius 3 is 2.22 bits per heavy atom.